The Morgan fingerprint density at radius 1 is 1.00 bits per heavy atom. The summed E-state index contributed by atoms with van der Waals surface area (Å²) >= 11 is 0. The van der Waals surface area contributed by atoms with E-state index in [-0.39, 0.29) is 24.3 Å². The lowest BCUT2D eigenvalue weighted by Gasteiger charge is -2.32. The van der Waals surface area contributed by atoms with Crippen LogP contribution in [0.3, 0.4) is 0 Å². The maximum Gasteiger partial charge on any atom is 0.319 e. The van der Waals surface area contributed by atoms with Crippen molar-refractivity contribution >= 4 is 40.1 Å². The number of aryl methyl sites for hydroxylation is 1. The van der Waals surface area contributed by atoms with Gasteiger partial charge in [-0.05, 0) is 55.9 Å². The molecule has 2 heterocycles. The van der Waals surface area contributed by atoms with Crippen LogP contribution in [0.25, 0.3) is 11.0 Å². The van der Waals surface area contributed by atoms with Gasteiger partial charge in [-0.3, -0.25) is 9.69 Å². The summed E-state index contributed by atoms with van der Waals surface area (Å²) in [4.78, 5) is 30.2. The van der Waals surface area contributed by atoms with E-state index >= 15 is 0 Å². The number of nitrogens with two attached hydrogens (primary N) is 1. The van der Waals surface area contributed by atoms with E-state index in [0.29, 0.717) is 40.3 Å². The van der Waals surface area contributed by atoms with Gasteiger partial charge in [-0.15, -0.1) is 0 Å². The first kappa shape index (κ1) is 27.9. The number of ether oxygens (including phenoxy) is 1. The third-order valence-corrected chi connectivity index (χ3v) is 7.07. The lowest BCUT2D eigenvalue weighted by Crippen LogP contribution is -2.45. The van der Waals surface area contributed by atoms with Crippen molar-refractivity contribution in [1.29, 1.82) is 0 Å². The first-order chi connectivity index (χ1) is 19.9. The van der Waals surface area contributed by atoms with Crippen molar-refractivity contribution in [3.05, 3.63) is 77.4 Å². The Hall–Kier alpha value is -4.61. The molecule has 0 radical (unpaired) electrons. The Kier molecular flexibility index (Phi) is 8.66. The van der Waals surface area contributed by atoms with Crippen molar-refractivity contribution < 1.29 is 18.8 Å². The third kappa shape index (κ3) is 7.13. The minimum absolute atomic E-state index is 0.118. The molecule has 41 heavy (non-hydrogen) atoms. The molecule has 1 fully saturated rings. The smallest absolute Gasteiger partial charge is 0.319 e. The maximum atomic E-state index is 13.3. The van der Waals surface area contributed by atoms with E-state index in [0.717, 1.165) is 43.9 Å². The fraction of sp³-hybridized carbons (Fsp3) is 0.300. The second-order valence-corrected chi connectivity index (χ2v) is 10.2. The number of carbonyl (C=O) groups excluding carboxylic acids is 2. The normalized spacial score (nSPS) is 14.1. The van der Waals surface area contributed by atoms with Crippen molar-refractivity contribution in [3.8, 4) is 5.75 Å². The first-order valence-electron chi connectivity index (χ1n) is 13.6. The number of nitrogen functional groups attached to an aromatic ring is 1. The molecule has 11 nitrogen and oxygen atoms in total. The van der Waals surface area contributed by atoms with Crippen molar-refractivity contribution in [1.82, 2.24) is 20.3 Å². The zero-order chi connectivity index (χ0) is 28.8. The van der Waals surface area contributed by atoms with Gasteiger partial charge in [0.2, 0.25) is 5.58 Å². The molecular weight excluding hydrogens is 522 g/mol. The molecule has 3 aromatic carbocycles. The molecule has 11 heteroatoms. The fourth-order valence-electron chi connectivity index (χ4n) is 4.66. The fourth-order valence-corrected chi connectivity index (χ4v) is 4.66. The Bertz CT molecular complexity index is 1510. The zero-order valence-electron chi connectivity index (χ0n) is 23.3. The van der Waals surface area contributed by atoms with E-state index in [9.17, 15) is 9.59 Å². The van der Waals surface area contributed by atoms with Crippen LogP contribution < -0.4 is 26.4 Å². The molecular formula is C30H35N7O4. The maximum absolute atomic E-state index is 13.3. The molecule has 3 amide bonds. The van der Waals surface area contributed by atoms with Gasteiger partial charge in [0.15, 0.2) is 11.6 Å². The number of amides is 3. The average Bonchev–Trinajstić information content (AvgIpc) is 3.36. The number of nitrogens with one attached hydrogen (secondary N) is 3. The Labute approximate surface area is 238 Å². The molecule has 5 rings (SSSR count). The largest absolute Gasteiger partial charge is 0.488 e. The second-order valence-electron chi connectivity index (χ2n) is 10.2. The minimum Gasteiger partial charge on any atom is -0.488 e. The van der Waals surface area contributed by atoms with Gasteiger partial charge in [0.25, 0.3) is 5.91 Å². The molecule has 4 aromatic rings. The van der Waals surface area contributed by atoms with Gasteiger partial charge >= 0.3 is 6.03 Å². The zero-order valence-corrected chi connectivity index (χ0v) is 23.3. The van der Waals surface area contributed by atoms with Crippen LogP contribution in [0, 0.1) is 6.92 Å². The van der Waals surface area contributed by atoms with Crippen LogP contribution in [0.5, 0.6) is 5.75 Å². The number of benzene rings is 3. The quantitative estimate of drug-likeness (QED) is 0.243. The first-order valence-corrected chi connectivity index (χ1v) is 13.6. The van der Waals surface area contributed by atoms with Crippen LogP contribution in [-0.4, -0.2) is 73.3 Å². The van der Waals surface area contributed by atoms with Gasteiger partial charge < -0.3 is 35.8 Å². The molecule has 0 bridgehead atoms. The van der Waals surface area contributed by atoms with Gasteiger partial charge in [-0.2, -0.15) is 0 Å². The van der Waals surface area contributed by atoms with Gasteiger partial charge in [-0.1, -0.05) is 35.0 Å². The van der Waals surface area contributed by atoms with Gasteiger partial charge in [0.05, 0.1) is 10.9 Å². The summed E-state index contributed by atoms with van der Waals surface area (Å²) in [5.74, 6) is 0.246. The standard InChI is InChI=1S/C30H35N7O4/c1-20-6-8-22(9-7-20)34-30(39)32-19-21-4-3-5-23(18-21)33-29(38)24-10-11-25(27-26(24)28(31)35-41-27)40-17-16-37-14-12-36(2)13-15-37/h3-11,18H,12-17,19H2,1-2H3,(H2,31,35)(H,33,38)(H2,32,34,39). The number of rotatable bonds is 9. The number of likely N-dealkylation sites (N-methyl/N-ethyl adjacent to an activating group) is 1. The van der Waals surface area contributed by atoms with E-state index in [1.807, 2.05) is 43.3 Å². The number of urea groups is 1. The lowest BCUT2D eigenvalue weighted by molar-refractivity contribution is 0.102. The number of carbonyl (C=O) groups is 2. The average molecular weight is 558 g/mol. The number of aromatic nitrogens is 1. The predicted molar refractivity (Wildman–Crippen MR) is 159 cm³/mol. The number of fused-ring (bicyclic) bond motifs is 1. The molecule has 1 aromatic heterocycles. The number of nitrogens with zero attached hydrogens (tertiary/aromatic N) is 3. The van der Waals surface area contributed by atoms with Crippen molar-refractivity contribution in [3.63, 3.8) is 0 Å². The number of hydrogen-bond donors (Lipinski definition) is 4. The van der Waals surface area contributed by atoms with E-state index in [1.54, 1.807) is 24.3 Å². The molecule has 0 spiro atoms. The van der Waals surface area contributed by atoms with Gasteiger partial charge in [0, 0.05) is 50.6 Å². The second kappa shape index (κ2) is 12.7. The molecule has 0 atom stereocenters. The van der Waals surface area contributed by atoms with Crippen LogP contribution in [-0.2, 0) is 6.54 Å². The van der Waals surface area contributed by atoms with Crippen molar-refractivity contribution in [2.45, 2.75) is 13.5 Å². The van der Waals surface area contributed by atoms with Gasteiger partial charge in [0.1, 0.15) is 6.61 Å². The molecule has 214 valence electrons. The van der Waals surface area contributed by atoms with Crippen LogP contribution in [0.1, 0.15) is 21.5 Å². The summed E-state index contributed by atoms with van der Waals surface area (Å²) in [5, 5.41) is 12.8. The molecule has 5 N–H and O–H groups in total. The highest BCUT2D eigenvalue weighted by atomic mass is 16.5. The summed E-state index contributed by atoms with van der Waals surface area (Å²) in [6.45, 7) is 7.62. The molecule has 0 unspecified atom stereocenters. The van der Waals surface area contributed by atoms with Crippen LogP contribution in [0.2, 0.25) is 0 Å². The summed E-state index contributed by atoms with van der Waals surface area (Å²) in [6, 6.07) is 17.9. The SMILES string of the molecule is Cc1ccc(NC(=O)NCc2cccc(NC(=O)c3ccc(OCCN4CCN(C)CC4)c4onc(N)c34)c2)cc1. The van der Waals surface area contributed by atoms with E-state index < -0.39 is 0 Å². The predicted octanol–water partition coefficient (Wildman–Crippen LogP) is 3.92. The molecule has 1 saturated heterocycles. The highest BCUT2D eigenvalue weighted by Gasteiger charge is 2.21. The van der Waals surface area contributed by atoms with Crippen molar-refractivity contribution in [2.24, 2.45) is 0 Å². The number of anilines is 3. The van der Waals surface area contributed by atoms with E-state index in [2.05, 4.69) is 38.0 Å². The summed E-state index contributed by atoms with van der Waals surface area (Å²) in [6.07, 6.45) is 0. The van der Waals surface area contributed by atoms with Crippen LogP contribution >= 0.6 is 0 Å². The van der Waals surface area contributed by atoms with Gasteiger partial charge in [-0.25, -0.2) is 4.79 Å². The molecule has 1 aliphatic heterocycles. The minimum atomic E-state index is -0.365. The summed E-state index contributed by atoms with van der Waals surface area (Å²) < 4.78 is 11.5. The highest BCUT2D eigenvalue weighted by Crippen LogP contribution is 2.33. The monoisotopic (exact) mass is 557 g/mol. The van der Waals surface area contributed by atoms with Crippen LogP contribution in [0.15, 0.2) is 65.2 Å². The Morgan fingerprint density at radius 2 is 1.78 bits per heavy atom. The topological polar surface area (TPSA) is 138 Å². The lowest BCUT2D eigenvalue weighted by atomic mass is 10.1. The van der Waals surface area contributed by atoms with E-state index in [1.165, 1.54) is 0 Å². The third-order valence-electron chi connectivity index (χ3n) is 7.07. The number of hydrogen-bond acceptors (Lipinski definition) is 8. The molecule has 1 aliphatic rings. The summed E-state index contributed by atoms with van der Waals surface area (Å²) in [7, 11) is 2.12. The summed E-state index contributed by atoms with van der Waals surface area (Å²) in [5.41, 5.74) is 9.97. The number of piperazine rings is 1. The van der Waals surface area contributed by atoms with E-state index in [4.69, 9.17) is 15.0 Å². The van der Waals surface area contributed by atoms with Crippen molar-refractivity contribution in [2.75, 3.05) is 62.7 Å². The molecule has 0 saturated carbocycles. The Morgan fingerprint density at radius 3 is 2.56 bits per heavy atom. The molecule has 0 aliphatic carbocycles. The van der Waals surface area contributed by atoms with Crippen LogP contribution in [0.4, 0.5) is 22.0 Å². The highest BCUT2D eigenvalue weighted by molar-refractivity contribution is 6.15. The Balaban J connectivity index is 1.20.